The van der Waals surface area contributed by atoms with Gasteiger partial charge in [-0.05, 0) is 25.1 Å². The van der Waals surface area contributed by atoms with Gasteiger partial charge >= 0.3 is 0 Å². The molecule has 1 N–H and O–H groups in total. The van der Waals surface area contributed by atoms with Gasteiger partial charge in [0.1, 0.15) is 0 Å². The SMILES string of the molecule is Cc1ccc(S(=O)(=O)O)cc1.O=C(C(=O)c1c([N+](=O)[O-])cccc1[N+](=O)[O-])c1ccccc1. The Hall–Kier alpha value is -4.29. The van der Waals surface area contributed by atoms with E-state index in [-0.39, 0.29) is 10.5 Å². The molecule has 3 aromatic carbocycles. The van der Waals surface area contributed by atoms with Crippen molar-refractivity contribution in [3.63, 3.8) is 0 Å². The third-order valence-corrected chi connectivity index (χ3v) is 5.07. The van der Waals surface area contributed by atoms with Crippen molar-refractivity contribution in [3.05, 3.63) is 110 Å². The molecule has 12 heteroatoms. The lowest BCUT2D eigenvalue weighted by atomic mass is 9.99. The molecule has 0 fully saturated rings. The Morgan fingerprint density at radius 3 is 1.67 bits per heavy atom. The first-order valence-electron chi connectivity index (χ1n) is 9.03. The van der Waals surface area contributed by atoms with Crippen LogP contribution in [0, 0.1) is 27.2 Å². The summed E-state index contributed by atoms with van der Waals surface area (Å²) >= 11 is 0. The van der Waals surface area contributed by atoms with E-state index in [4.69, 9.17) is 4.55 Å². The Balaban J connectivity index is 0.000000294. The lowest BCUT2D eigenvalue weighted by Gasteiger charge is -2.03. The van der Waals surface area contributed by atoms with Crippen LogP contribution in [0.2, 0.25) is 0 Å². The van der Waals surface area contributed by atoms with Crippen LogP contribution in [-0.2, 0) is 10.1 Å². The normalized spacial score (nSPS) is 10.5. The zero-order valence-corrected chi connectivity index (χ0v) is 17.8. The molecule has 0 radical (unpaired) electrons. The number of ketones is 2. The van der Waals surface area contributed by atoms with Gasteiger partial charge in [0.25, 0.3) is 21.5 Å². The summed E-state index contributed by atoms with van der Waals surface area (Å²) in [4.78, 5) is 44.4. The van der Waals surface area contributed by atoms with E-state index in [0.717, 1.165) is 23.8 Å². The van der Waals surface area contributed by atoms with Crippen molar-refractivity contribution in [1.29, 1.82) is 0 Å². The summed E-state index contributed by atoms with van der Waals surface area (Å²) in [7, 11) is -4.02. The molecule has 0 unspecified atom stereocenters. The Morgan fingerprint density at radius 1 is 0.758 bits per heavy atom. The van der Waals surface area contributed by atoms with Crippen LogP contribution in [-0.4, -0.2) is 34.4 Å². The van der Waals surface area contributed by atoms with Crippen molar-refractivity contribution < 1.29 is 32.4 Å². The number of hydrogen-bond donors (Lipinski definition) is 1. The van der Waals surface area contributed by atoms with E-state index in [0.29, 0.717) is 0 Å². The molecule has 170 valence electrons. The lowest BCUT2D eigenvalue weighted by Crippen LogP contribution is -2.17. The number of nitro groups is 2. The summed E-state index contributed by atoms with van der Waals surface area (Å²) in [5.41, 5.74) is -1.41. The van der Waals surface area contributed by atoms with E-state index in [2.05, 4.69) is 0 Å². The van der Waals surface area contributed by atoms with Crippen molar-refractivity contribution in [1.82, 2.24) is 0 Å². The Labute approximate surface area is 187 Å². The minimum absolute atomic E-state index is 0.0000472. The van der Waals surface area contributed by atoms with Gasteiger partial charge in [0.2, 0.25) is 11.6 Å². The number of hydrogen-bond acceptors (Lipinski definition) is 8. The molecular formula is C21H16N2O9S. The van der Waals surface area contributed by atoms with Gasteiger partial charge in [0, 0.05) is 17.7 Å². The van der Waals surface area contributed by atoms with E-state index in [9.17, 15) is 38.2 Å². The lowest BCUT2D eigenvalue weighted by molar-refractivity contribution is -0.394. The third-order valence-electron chi connectivity index (χ3n) is 4.20. The van der Waals surface area contributed by atoms with E-state index in [1.54, 1.807) is 18.2 Å². The van der Waals surface area contributed by atoms with Crippen LogP contribution in [0.15, 0.2) is 77.7 Å². The van der Waals surface area contributed by atoms with E-state index in [1.807, 2.05) is 6.92 Å². The van der Waals surface area contributed by atoms with Crippen LogP contribution >= 0.6 is 0 Å². The average Bonchev–Trinajstić information content (AvgIpc) is 2.78. The van der Waals surface area contributed by atoms with Crippen molar-refractivity contribution in [2.75, 3.05) is 0 Å². The summed E-state index contributed by atoms with van der Waals surface area (Å²) in [6, 6.07) is 16.3. The van der Waals surface area contributed by atoms with E-state index < -0.39 is 48.5 Å². The summed E-state index contributed by atoms with van der Waals surface area (Å²) in [6.45, 7) is 1.84. The van der Waals surface area contributed by atoms with Gasteiger partial charge in [-0.15, -0.1) is 0 Å². The van der Waals surface area contributed by atoms with Crippen LogP contribution in [0.4, 0.5) is 11.4 Å². The second-order valence-electron chi connectivity index (χ2n) is 6.50. The first kappa shape index (κ1) is 25.0. The molecule has 0 aliphatic rings. The molecule has 0 bridgehead atoms. The molecule has 0 saturated carbocycles. The van der Waals surface area contributed by atoms with Crippen LogP contribution in [0.25, 0.3) is 0 Å². The Kier molecular flexibility index (Phi) is 7.83. The fraction of sp³-hybridized carbons (Fsp3) is 0.0476. The number of carbonyl (C=O) groups is 2. The minimum atomic E-state index is -4.02. The molecule has 11 nitrogen and oxygen atoms in total. The monoisotopic (exact) mass is 472 g/mol. The van der Waals surface area contributed by atoms with Gasteiger partial charge in [-0.25, -0.2) is 0 Å². The number of rotatable bonds is 6. The number of nitro benzene ring substituents is 2. The maximum absolute atomic E-state index is 12.2. The second kappa shape index (κ2) is 10.3. The van der Waals surface area contributed by atoms with Crippen LogP contribution in [0.5, 0.6) is 0 Å². The third kappa shape index (κ3) is 6.35. The molecule has 33 heavy (non-hydrogen) atoms. The highest BCUT2D eigenvalue weighted by Crippen LogP contribution is 2.29. The van der Waals surface area contributed by atoms with Crippen molar-refractivity contribution in [3.8, 4) is 0 Å². The van der Waals surface area contributed by atoms with Gasteiger partial charge in [0.05, 0.1) is 14.7 Å². The van der Waals surface area contributed by atoms with Gasteiger partial charge in [0.15, 0.2) is 5.56 Å². The van der Waals surface area contributed by atoms with Gasteiger partial charge in [-0.2, -0.15) is 8.42 Å². The van der Waals surface area contributed by atoms with Gasteiger partial charge in [-0.3, -0.25) is 34.4 Å². The quantitative estimate of drug-likeness (QED) is 0.184. The molecule has 0 aliphatic heterocycles. The maximum atomic E-state index is 12.2. The molecule has 3 rings (SSSR count). The predicted octanol–water partition coefficient (Wildman–Crippen LogP) is 3.81. The zero-order valence-electron chi connectivity index (χ0n) is 16.9. The van der Waals surface area contributed by atoms with Crippen LogP contribution in [0.3, 0.4) is 0 Å². The van der Waals surface area contributed by atoms with Crippen molar-refractivity contribution >= 4 is 33.1 Å². The largest absolute Gasteiger partial charge is 0.294 e. The highest BCUT2D eigenvalue weighted by molar-refractivity contribution is 7.85. The number of Topliss-reactive ketones (excluding diaryl/α,β-unsaturated/α-hetero) is 2. The molecule has 0 heterocycles. The van der Waals surface area contributed by atoms with Gasteiger partial charge < -0.3 is 0 Å². The summed E-state index contributed by atoms with van der Waals surface area (Å²) in [5, 5.41) is 22.0. The number of carbonyl (C=O) groups excluding carboxylic acids is 2. The molecule has 0 amide bonds. The molecular weight excluding hydrogens is 456 g/mol. The number of nitrogens with zero attached hydrogens (tertiary/aromatic N) is 2. The van der Waals surface area contributed by atoms with E-state index >= 15 is 0 Å². The first-order valence-corrected chi connectivity index (χ1v) is 10.5. The minimum Gasteiger partial charge on any atom is -0.285 e. The fourth-order valence-electron chi connectivity index (χ4n) is 2.61. The molecule has 0 aromatic heterocycles. The summed E-state index contributed by atoms with van der Waals surface area (Å²) in [6.07, 6.45) is 0. The summed E-state index contributed by atoms with van der Waals surface area (Å²) < 4.78 is 29.6. The zero-order chi connectivity index (χ0) is 24.8. The second-order valence-corrected chi connectivity index (χ2v) is 7.92. The average molecular weight is 472 g/mol. The topological polar surface area (TPSA) is 175 Å². The highest BCUT2D eigenvalue weighted by atomic mass is 32.2. The van der Waals surface area contributed by atoms with Crippen LogP contribution < -0.4 is 0 Å². The molecule has 3 aromatic rings. The Bertz CT molecular complexity index is 1290. The Morgan fingerprint density at radius 2 is 1.24 bits per heavy atom. The fourth-order valence-corrected chi connectivity index (χ4v) is 3.09. The smallest absolute Gasteiger partial charge is 0.285 e. The van der Waals surface area contributed by atoms with Gasteiger partial charge in [-0.1, -0.05) is 48.0 Å². The molecule has 0 aliphatic carbocycles. The van der Waals surface area contributed by atoms with Crippen LogP contribution in [0.1, 0.15) is 26.3 Å². The van der Waals surface area contributed by atoms with Crippen molar-refractivity contribution in [2.45, 2.75) is 11.8 Å². The predicted molar refractivity (Wildman–Crippen MR) is 116 cm³/mol. The maximum Gasteiger partial charge on any atom is 0.294 e. The standard InChI is InChI=1S/C14H8N2O6.C7H8O3S/c17-13(9-5-2-1-3-6-9)14(18)12-10(15(19)20)7-4-8-11(12)16(21)22;1-6-2-4-7(5-3-6)11(8,9)10/h1-8H;2-5H,1H3,(H,8,9,10). The van der Waals surface area contributed by atoms with Crippen molar-refractivity contribution in [2.24, 2.45) is 0 Å². The summed E-state index contributed by atoms with van der Waals surface area (Å²) in [5.74, 6) is -2.33. The molecule has 0 atom stereocenters. The first-order chi connectivity index (χ1) is 15.4. The number of aryl methyl sites for hydroxylation is 1. The van der Waals surface area contributed by atoms with E-state index in [1.165, 1.54) is 36.4 Å². The highest BCUT2D eigenvalue weighted by Gasteiger charge is 2.34. The molecule has 0 spiro atoms. The molecule has 0 saturated heterocycles. The number of benzene rings is 3.